The van der Waals surface area contributed by atoms with E-state index in [1.54, 1.807) is 17.8 Å². The fraction of sp³-hybridized carbons (Fsp3) is 0.375. The van der Waals surface area contributed by atoms with Crippen LogP contribution in [0.3, 0.4) is 0 Å². The molecule has 0 atom stereocenters. The Balaban J connectivity index is 2.42. The van der Waals surface area contributed by atoms with Crippen LogP contribution in [-0.2, 0) is 7.05 Å². The molecule has 1 aromatic carbocycles. The fourth-order valence-electron chi connectivity index (χ4n) is 2.59. The highest BCUT2D eigenvalue weighted by Gasteiger charge is 2.15. The summed E-state index contributed by atoms with van der Waals surface area (Å²) in [5.41, 5.74) is 2.79. The van der Waals surface area contributed by atoms with Crippen LogP contribution >= 0.6 is 11.6 Å². The second-order valence-corrected chi connectivity index (χ2v) is 5.50. The molecule has 1 N–H and O–H groups in total. The Hall–Kier alpha value is -1.81. The quantitative estimate of drug-likeness (QED) is 0.894. The molecule has 0 aliphatic rings. The molecule has 21 heavy (non-hydrogen) atoms. The predicted octanol–water partition coefficient (Wildman–Crippen LogP) is 4.34. The van der Waals surface area contributed by atoms with Gasteiger partial charge in [-0.05, 0) is 36.5 Å². The standard InChI is InChI=1S/C16H19ClN2O2/c1-4-10(5-2)12-7-6-11(8-13(12)17)15-9-14(16(20)21)18-19(15)3/h6-10H,4-5H2,1-3H3,(H,20,21). The lowest BCUT2D eigenvalue weighted by atomic mass is 9.93. The molecule has 0 aliphatic carbocycles. The minimum Gasteiger partial charge on any atom is -0.476 e. The summed E-state index contributed by atoms with van der Waals surface area (Å²) in [6, 6.07) is 7.45. The van der Waals surface area contributed by atoms with Crippen molar-refractivity contribution < 1.29 is 9.90 Å². The van der Waals surface area contributed by atoms with Gasteiger partial charge in [0, 0.05) is 17.6 Å². The van der Waals surface area contributed by atoms with Crippen molar-refractivity contribution in [2.75, 3.05) is 0 Å². The minimum absolute atomic E-state index is 0.0349. The number of aryl methyl sites for hydroxylation is 1. The minimum atomic E-state index is -1.03. The zero-order valence-electron chi connectivity index (χ0n) is 12.4. The van der Waals surface area contributed by atoms with Crippen molar-refractivity contribution in [2.45, 2.75) is 32.6 Å². The molecule has 0 saturated heterocycles. The fourth-order valence-corrected chi connectivity index (χ4v) is 2.92. The maximum Gasteiger partial charge on any atom is 0.356 e. The molecule has 1 aromatic heterocycles. The first-order chi connectivity index (χ1) is 9.97. The van der Waals surface area contributed by atoms with Gasteiger partial charge in [-0.25, -0.2) is 4.79 Å². The van der Waals surface area contributed by atoms with Crippen LogP contribution in [0.1, 0.15) is 48.7 Å². The molecule has 0 amide bonds. The summed E-state index contributed by atoms with van der Waals surface area (Å²) >= 11 is 6.41. The van der Waals surface area contributed by atoms with E-state index in [1.165, 1.54) is 0 Å². The first-order valence-electron chi connectivity index (χ1n) is 7.05. The number of rotatable bonds is 5. The molecular weight excluding hydrogens is 288 g/mol. The van der Waals surface area contributed by atoms with Crippen LogP contribution in [0.4, 0.5) is 0 Å². The average Bonchev–Trinajstić information content (AvgIpc) is 2.84. The Morgan fingerprint density at radius 2 is 2.00 bits per heavy atom. The Bertz CT molecular complexity index is 660. The number of aromatic carboxylic acids is 1. The molecule has 2 aromatic rings. The molecule has 2 rings (SSSR count). The van der Waals surface area contributed by atoms with Gasteiger partial charge in [-0.3, -0.25) is 4.68 Å². The maximum absolute atomic E-state index is 11.0. The average molecular weight is 307 g/mol. The number of carbonyl (C=O) groups is 1. The van der Waals surface area contributed by atoms with Crippen molar-refractivity contribution >= 4 is 17.6 Å². The highest BCUT2D eigenvalue weighted by Crippen LogP contribution is 2.33. The highest BCUT2D eigenvalue weighted by atomic mass is 35.5. The highest BCUT2D eigenvalue weighted by molar-refractivity contribution is 6.31. The molecule has 1 heterocycles. The van der Waals surface area contributed by atoms with E-state index in [0.717, 1.165) is 34.7 Å². The molecule has 0 unspecified atom stereocenters. The van der Waals surface area contributed by atoms with Gasteiger partial charge in [0.15, 0.2) is 5.69 Å². The second-order valence-electron chi connectivity index (χ2n) is 5.09. The molecule has 0 aliphatic heterocycles. The first kappa shape index (κ1) is 15.6. The van der Waals surface area contributed by atoms with E-state index >= 15 is 0 Å². The molecule has 0 fully saturated rings. The van der Waals surface area contributed by atoms with E-state index in [0.29, 0.717) is 5.92 Å². The Morgan fingerprint density at radius 1 is 1.33 bits per heavy atom. The number of halogens is 1. The van der Waals surface area contributed by atoms with Gasteiger partial charge >= 0.3 is 5.97 Å². The number of carboxylic acids is 1. The number of carboxylic acid groups (broad SMARTS) is 1. The normalized spacial score (nSPS) is 11.1. The molecule has 0 bridgehead atoms. The molecule has 0 spiro atoms. The SMILES string of the molecule is CCC(CC)c1ccc(-c2cc(C(=O)O)nn2C)cc1Cl. The van der Waals surface area contributed by atoms with Crippen LogP contribution in [-0.4, -0.2) is 20.9 Å². The zero-order valence-corrected chi connectivity index (χ0v) is 13.2. The maximum atomic E-state index is 11.0. The number of hydrogen-bond acceptors (Lipinski definition) is 2. The summed E-state index contributed by atoms with van der Waals surface area (Å²) in [5, 5.41) is 13.7. The number of aromatic nitrogens is 2. The van der Waals surface area contributed by atoms with Crippen molar-refractivity contribution in [3.05, 3.63) is 40.5 Å². The van der Waals surface area contributed by atoms with Gasteiger partial charge in [0.2, 0.25) is 0 Å². The van der Waals surface area contributed by atoms with Crippen molar-refractivity contribution in [3.63, 3.8) is 0 Å². The van der Waals surface area contributed by atoms with Crippen molar-refractivity contribution in [3.8, 4) is 11.3 Å². The summed E-state index contributed by atoms with van der Waals surface area (Å²) < 4.78 is 1.56. The smallest absolute Gasteiger partial charge is 0.356 e. The number of benzene rings is 1. The van der Waals surface area contributed by atoms with Gasteiger partial charge in [0.25, 0.3) is 0 Å². The van der Waals surface area contributed by atoms with Gasteiger partial charge < -0.3 is 5.11 Å². The molecule has 0 saturated carbocycles. The Labute approximate surface area is 129 Å². The van der Waals surface area contributed by atoms with Gasteiger partial charge in [0.1, 0.15) is 0 Å². The summed E-state index contributed by atoms with van der Waals surface area (Å²) in [6.07, 6.45) is 2.09. The van der Waals surface area contributed by atoms with Crippen LogP contribution in [0.2, 0.25) is 5.02 Å². The van der Waals surface area contributed by atoms with Crippen LogP contribution in [0.25, 0.3) is 11.3 Å². The van der Waals surface area contributed by atoms with Crippen molar-refractivity contribution in [2.24, 2.45) is 7.05 Å². The van der Waals surface area contributed by atoms with E-state index in [2.05, 4.69) is 18.9 Å². The molecular formula is C16H19ClN2O2. The van der Waals surface area contributed by atoms with Gasteiger partial charge in [-0.2, -0.15) is 5.10 Å². The van der Waals surface area contributed by atoms with Crippen LogP contribution in [0.15, 0.2) is 24.3 Å². The molecule has 5 heteroatoms. The van der Waals surface area contributed by atoms with E-state index in [4.69, 9.17) is 16.7 Å². The lowest BCUT2D eigenvalue weighted by molar-refractivity contribution is 0.0689. The topological polar surface area (TPSA) is 55.1 Å². The second kappa shape index (κ2) is 6.31. The third-order valence-corrected chi connectivity index (χ3v) is 4.15. The van der Waals surface area contributed by atoms with Crippen LogP contribution in [0.5, 0.6) is 0 Å². The number of nitrogens with zero attached hydrogens (tertiary/aromatic N) is 2. The first-order valence-corrected chi connectivity index (χ1v) is 7.42. The monoisotopic (exact) mass is 306 g/mol. The predicted molar refractivity (Wildman–Crippen MR) is 83.9 cm³/mol. The summed E-state index contributed by atoms with van der Waals surface area (Å²) in [7, 11) is 1.73. The zero-order chi connectivity index (χ0) is 15.6. The van der Waals surface area contributed by atoms with Gasteiger partial charge in [-0.15, -0.1) is 0 Å². The number of hydrogen-bond donors (Lipinski definition) is 1. The Kier molecular flexibility index (Phi) is 4.68. The van der Waals surface area contributed by atoms with E-state index in [1.807, 2.05) is 18.2 Å². The molecule has 0 radical (unpaired) electrons. The molecule has 4 nitrogen and oxygen atoms in total. The van der Waals surface area contributed by atoms with Crippen LogP contribution in [0, 0.1) is 0 Å². The van der Waals surface area contributed by atoms with Crippen molar-refractivity contribution in [1.29, 1.82) is 0 Å². The largest absolute Gasteiger partial charge is 0.476 e. The van der Waals surface area contributed by atoms with Crippen LogP contribution < -0.4 is 0 Å². The molecule has 112 valence electrons. The summed E-state index contributed by atoms with van der Waals surface area (Å²) in [4.78, 5) is 11.0. The lowest BCUT2D eigenvalue weighted by Crippen LogP contribution is -1.99. The van der Waals surface area contributed by atoms with E-state index < -0.39 is 5.97 Å². The summed E-state index contributed by atoms with van der Waals surface area (Å²) in [5.74, 6) is -0.579. The third-order valence-electron chi connectivity index (χ3n) is 3.82. The van der Waals surface area contributed by atoms with E-state index in [9.17, 15) is 4.79 Å². The Morgan fingerprint density at radius 3 is 2.48 bits per heavy atom. The lowest BCUT2D eigenvalue weighted by Gasteiger charge is -2.15. The third kappa shape index (κ3) is 3.10. The van der Waals surface area contributed by atoms with Gasteiger partial charge in [-0.1, -0.05) is 37.6 Å². The summed E-state index contributed by atoms with van der Waals surface area (Å²) in [6.45, 7) is 4.30. The van der Waals surface area contributed by atoms with Gasteiger partial charge in [0.05, 0.1) is 5.69 Å². The van der Waals surface area contributed by atoms with E-state index in [-0.39, 0.29) is 5.69 Å². The van der Waals surface area contributed by atoms with Crippen molar-refractivity contribution in [1.82, 2.24) is 9.78 Å².